The average Bonchev–Trinajstić information content (AvgIpc) is 3.47. The number of carbonyl (C=O) groups excluding carboxylic acids is 2. The molecule has 0 saturated heterocycles. The van der Waals surface area contributed by atoms with Gasteiger partial charge in [-0.2, -0.15) is 0 Å². The number of nitrogens with one attached hydrogen (secondary N) is 2. The first-order valence-electron chi connectivity index (χ1n) is 11.4. The van der Waals surface area contributed by atoms with Crippen molar-refractivity contribution < 1.29 is 14.3 Å². The van der Waals surface area contributed by atoms with Crippen LogP contribution in [0.3, 0.4) is 0 Å². The molecule has 5 rings (SSSR count). The summed E-state index contributed by atoms with van der Waals surface area (Å²) in [5, 5.41) is 9.46. The lowest BCUT2D eigenvalue weighted by Gasteiger charge is -2.36. The van der Waals surface area contributed by atoms with E-state index in [-0.39, 0.29) is 18.0 Å². The fourth-order valence-corrected chi connectivity index (χ4v) is 6.65. The van der Waals surface area contributed by atoms with Crippen molar-refractivity contribution in [1.82, 2.24) is 5.32 Å². The average molecular weight is 481 g/mol. The number of anilines is 1. The number of rotatable bonds is 5. The van der Waals surface area contributed by atoms with Gasteiger partial charge < -0.3 is 15.4 Å². The van der Waals surface area contributed by atoms with Crippen molar-refractivity contribution in [3.63, 3.8) is 0 Å². The SMILES string of the molecule is CCC(C)(C)[C@@H]1CCc2c(sc3c2C(=O)N[C@@H](c2ccc(OC(=O)c4cccs4)cc2)N3)C1. The number of benzene rings is 1. The third-order valence-corrected chi connectivity index (χ3v) is 9.24. The molecule has 172 valence electrons. The first kappa shape index (κ1) is 22.2. The Morgan fingerprint density at radius 2 is 1.97 bits per heavy atom. The molecular formula is C26H28N2O3S2. The van der Waals surface area contributed by atoms with Gasteiger partial charge in [0.1, 0.15) is 21.8 Å². The van der Waals surface area contributed by atoms with E-state index in [0.717, 1.165) is 41.8 Å². The predicted octanol–water partition coefficient (Wildman–Crippen LogP) is 6.42. The Hall–Kier alpha value is -2.64. The minimum Gasteiger partial charge on any atom is -0.422 e. The summed E-state index contributed by atoms with van der Waals surface area (Å²) >= 11 is 3.09. The molecule has 2 atom stereocenters. The maximum atomic E-state index is 13.1. The molecule has 3 aromatic rings. The summed E-state index contributed by atoms with van der Waals surface area (Å²) in [7, 11) is 0. The van der Waals surface area contributed by atoms with Crippen LogP contribution in [-0.4, -0.2) is 11.9 Å². The Morgan fingerprint density at radius 1 is 1.18 bits per heavy atom. The molecule has 1 aliphatic heterocycles. The van der Waals surface area contributed by atoms with Crippen LogP contribution in [0.25, 0.3) is 0 Å². The molecule has 2 aliphatic rings. The Balaban J connectivity index is 1.32. The van der Waals surface area contributed by atoms with Crippen LogP contribution in [0.5, 0.6) is 5.75 Å². The van der Waals surface area contributed by atoms with Crippen molar-refractivity contribution in [2.24, 2.45) is 11.3 Å². The topological polar surface area (TPSA) is 67.4 Å². The van der Waals surface area contributed by atoms with Crippen LogP contribution in [0.1, 0.15) is 75.8 Å². The highest BCUT2D eigenvalue weighted by Crippen LogP contribution is 2.47. The van der Waals surface area contributed by atoms with Crippen molar-refractivity contribution in [1.29, 1.82) is 0 Å². The molecule has 1 amide bonds. The van der Waals surface area contributed by atoms with E-state index in [1.54, 1.807) is 29.5 Å². The van der Waals surface area contributed by atoms with Crippen LogP contribution in [0.4, 0.5) is 5.00 Å². The third kappa shape index (κ3) is 4.20. The normalized spacial score (nSPS) is 19.8. The summed E-state index contributed by atoms with van der Waals surface area (Å²) in [6, 6.07) is 10.9. The molecule has 5 nitrogen and oxygen atoms in total. The van der Waals surface area contributed by atoms with E-state index in [1.165, 1.54) is 21.8 Å². The molecule has 2 N–H and O–H groups in total. The maximum absolute atomic E-state index is 13.1. The van der Waals surface area contributed by atoms with Gasteiger partial charge >= 0.3 is 5.97 Å². The number of esters is 1. The standard InChI is InChI=1S/C26H28N2O3S2/c1-4-26(2,3)16-9-12-18-20(14-16)33-24-21(18)23(29)27-22(28-24)15-7-10-17(11-8-15)31-25(30)19-6-5-13-32-19/h5-8,10-11,13,16,22,28H,4,9,12,14H2,1-3H3,(H,27,29)/t16-,22-/m1/s1. The number of thiophene rings is 2. The monoisotopic (exact) mass is 480 g/mol. The van der Waals surface area contributed by atoms with Gasteiger partial charge in [-0.1, -0.05) is 45.4 Å². The molecule has 0 saturated carbocycles. The van der Waals surface area contributed by atoms with Gasteiger partial charge in [-0.3, -0.25) is 4.79 Å². The molecule has 7 heteroatoms. The summed E-state index contributed by atoms with van der Waals surface area (Å²) in [4.78, 5) is 27.2. The van der Waals surface area contributed by atoms with E-state index in [1.807, 2.05) is 23.6 Å². The largest absolute Gasteiger partial charge is 0.422 e. The molecule has 0 bridgehead atoms. The lowest BCUT2D eigenvalue weighted by Crippen LogP contribution is -2.38. The lowest BCUT2D eigenvalue weighted by molar-refractivity contribution is 0.0739. The minimum absolute atomic E-state index is 0.00680. The molecule has 0 fully saturated rings. The Labute approximate surface area is 202 Å². The van der Waals surface area contributed by atoms with Crippen molar-refractivity contribution in [3.05, 3.63) is 68.2 Å². The van der Waals surface area contributed by atoms with Gasteiger partial charge in [0.15, 0.2) is 0 Å². The molecule has 0 unspecified atom stereocenters. The van der Waals surface area contributed by atoms with E-state index < -0.39 is 0 Å². The van der Waals surface area contributed by atoms with Crippen LogP contribution in [0, 0.1) is 11.3 Å². The molecule has 0 radical (unpaired) electrons. The van der Waals surface area contributed by atoms with Crippen molar-refractivity contribution >= 4 is 39.6 Å². The van der Waals surface area contributed by atoms with E-state index >= 15 is 0 Å². The van der Waals surface area contributed by atoms with Gasteiger partial charge in [0.2, 0.25) is 0 Å². The number of amides is 1. The van der Waals surface area contributed by atoms with Crippen molar-refractivity contribution in [2.45, 2.75) is 52.6 Å². The van der Waals surface area contributed by atoms with Gasteiger partial charge in [0.05, 0.1) is 5.56 Å². The number of ether oxygens (including phenoxy) is 1. The van der Waals surface area contributed by atoms with Gasteiger partial charge in [0.25, 0.3) is 5.91 Å². The Morgan fingerprint density at radius 3 is 2.67 bits per heavy atom. The fraction of sp³-hybridized carbons (Fsp3) is 0.385. The second kappa shape index (κ2) is 8.61. The second-order valence-electron chi connectivity index (χ2n) is 9.48. The highest BCUT2D eigenvalue weighted by atomic mass is 32.1. The summed E-state index contributed by atoms with van der Waals surface area (Å²) in [6.45, 7) is 6.99. The van der Waals surface area contributed by atoms with E-state index in [9.17, 15) is 9.59 Å². The van der Waals surface area contributed by atoms with Crippen LogP contribution in [0.2, 0.25) is 0 Å². The molecule has 1 aromatic carbocycles. The zero-order chi connectivity index (χ0) is 23.2. The highest BCUT2D eigenvalue weighted by molar-refractivity contribution is 7.16. The molecule has 2 aromatic heterocycles. The Bertz CT molecular complexity index is 1180. The van der Waals surface area contributed by atoms with E-state index in [2.05, 4.69) is 31.4 Å². The Kier molecular flexibility index (Phi) is 5.79. The molecule has 1 aliphatic carbocycles. The predicted molar refractivity (Wildman–Crippen MR) is 133 cm³/mol. The smallest absolute Gasteiger partial charge is 0.353 e. The molecular weight excluding hydrogens is 452 g/mol. The first-order chi connectivity index (χ1) is 15.9. The fourth-order valence-electron chi connectivity index (χ4n) is 4.70. The highest BCUT2D eigenvalue weighted by Gasteiger charge is 2.37. The second-order valence-corrected chi connectivity index (χ2v) is 11.5. The first-order valence-corrected chi connectivity index (χ1v) is 13.1. The van der Waals surface area contributed by atoms with Gasteiger partial charge in [-0.15, -0.1) is 22.7 Å². The lowest BCUT2D eigenvalue weighted by atomic mass is 9.69. The van der Waals surface area contributed by atoms with E-state index in [0.29, 0.717) is 22.0 Å². The zero-order valence-electron chi connectivity index (χ0n) is 19.1. The number of carbonyl (C=O) groups is 2. The molecule has 3 heterocycles. The van der Waals surface area contributed by atoms with Crippen LogP contribution < -0.4 is 15.4 Å². The zero-order valence-corrected chi connectivity index (χ0v) is 20.7. The number of fused-ring (bicyclic) bond motifs is 3. The quantitative estimate of drug-likeness (QED) is 0.326. The van der Waals surface area contributed by atoms with E-state index in [4.69, 9.17) is 4.74 Å². The minimum atomic E-state index is -0.361. The third-order valence-electron chi connectivity index (χ3n) is 7.21. The van der Waals surface area contributed by atoms with Crippen LogP contribution in [-0.2, 0) is 12.8 Å². The number of hydrogen-bond donors (Lipinski definition) is 2. The van der Waals surface area contributed by atoms with Gasteiger partial charge in [0, 0.05) is 4.88 Å². The van der Waals surface area contributed by atoms with Gasteiger partial charge in [-0.05, 0) is 65.3 Å². The van der Waals surface area contributed by atoms with Crippen LogP contribution in [0.15, 0.2) is 41.8 Å². The van der Waals surface area contributed by atoms with Crippen LogP contribution >= 0.6 is 22.7 Å². The maximum Gasteiger partial charge on any atom is 0.353 e. The molecule has 0 spiro atoms. The summed E-state index contributed by atoms with van der Waals surface area (Å²) in [5.41, 5.74) is 3.30. The number of hydrogen-bond acceptors (Lipinski definition) is 6. The summed E-state index contributed by atoms with van der Waals surface area (Å²) in [5.74, 6) is 0.766. The van der Waals surface area contributed by atoms with Gasteiger partial charge in [-0.25, -0.2) is 4.79 Å². The van der Waals surface area contributed by atoms with Crippen molar-refractivity contribution in [2.75, 3.05) is 5.32 Å². The summed E-state index contributed by atoms with van der Waals surface area (Å²) in [6.07, 6.45) is 4.02. The summed E-state index contributed by atoms with van der Waals surface area (Å²) < 4.78 is 5.45. The van der Waals surface area contributed by atoms with Crippen molar-refractivity contribution in [3.8, 4) is 5.75 Å². The molecule has 33 heavy (non-hydrogen) atoms.